The van der Waals surface area contributed by atoms with E-state index in [1.54, 1.807) is 0 Å². The Morgan fingerprint density at radius 3 is 2.59 bits per heavy atom. The van der Waals surface area contributed by atoms with Gasteiger partial charge < -0.3 is 10.0 Å². The monoisotopic (exact) mass is 232 g/mol. The highest BCUT2D eigenvalue weighted by molar-refractivity contribution is 5.14. The molecule has 0 aliphatic heterocycles. The largest absolute Gasteiger partial charge is 0.453 e. The first kappa shape index (κ1) is 12.6. The molecule has 0 radical (unpaired) electrons. The second-order valence-corrected chi connectivity index (χ2v) is 5.03. The van der Waals surface area contributed by atoms with Crippen molar-refractivity contribution < 1.29 is 5.11 Å². The highest BCUT2D eigenvalue weighted by Crippen LogP contribution is 2.28. The second-order valence-electron chi connectivity index (χ2n) is 5.03. The van der Waals surface area contributed by atoms with Crippen LogP contribution < -0.4 is 0 Å². The third kappa shape index (κ3) is 3.30. The minimum Gasteiger partial charge on any atom is -0.453 e. The Balaban J connectivity index is 1.96. The molecule has 0 bridgehead atoms. The maximum absolute atomic E-state index is 9.42. The lowest BCUT2D eigenvalue weighted by Gasteiger charge is -2.42. The molecule has 1 N–H and O–H groups in total. The fourth-order valence-corrected chi connectivity index (χ4v) is 2.82. The van der Waals surface area contributed by atoms with Crippen molar-refractivity contribution in [2.24, 2.45) is 5.92 Å². The van der Waals surface area contributed by atoms with Gasteiger partial charge in [0.1, 0.15) is 0 Å². The lowest BCUT2D eigenvalue weighted by Crippen LogP contribution is -2.40. The van der Waals surface area contributed by atoms with Crippen molar-refractivity contribution in [2.75, 3.05) is 6.61 Å². The summed E-state index contributed by atoms with van der Waals surface area (Å²) < 4.78 is 0. The number of hydrogen-bond acceptors (Lipinski definition) is 2. The SMILES string of the molecule is [CH2-]N(Cc1ccccc1)[C@H]1CCCC[C@H]1CO. The number of benzene rings is 1. The van der Waals surface area contributed by atoms with Crippen LogP contribution in [0.15, 0.2) is 30.3 Å². The van der Waals surface area contributed by atoms with Crippen LogP contribution in [-0.2, 0) is 6.54 Å². The van der Waals surface area contributed by atoms with Gasteiger partial charge in [0, 0.05) is 6.61 Å². The van der Waals surface area contributed by atoms with Crippen molar-refractivity contribution in [1.82, 2.24) is 4.90 Å². The summed E-state index contributed by atoms with van der Waals surface area (Å²) in [4.78, 5) is 2.16. The molecule has 1 saturated carbocycles. The van der Waals surface area contributed by atoms with Crippen LogP contribution in [0.3, 0.4) is 0 Å². The van der Waals surface area contributed by atoms with E-state index in [9.17, 15) is 5.11 Å². The zero-order valence-corrected chi connectivity index (χ0v) is 10.4. The summed E-state index contributed by atoms with van der Waals surface area (Å²) in [5, 5.41) is 9.42. The summed E-state index contributed by atoms with van der Waals surface area (Å²) in [6.45, 7) is 1.17. The first-order valence-electron chi connectivity index (χ1n) is 6.53. The van der Waals surface area contributed by atoms with Crippen LogP contribution in [0.5, 0.6) is 0 Å². The van der Waals surface area contributed by atoms with E-state index in [2.05, 4.69) is 36.2 Å². The number of nitrogens with zero attached hydrogens (tertiary/aromatic N) is 1. The molecule has 2 rings (SSSR count). The van der Waals surface area contributed by atoms with Gasteiger partial charge in [0.05, 0.1) is 0 Å². The summed E-state index contributed by atoms with van der Waals surface area (Å²) in [5.41, 5.74) is 1.30. The van der Waals surface area contributed by atoms with Gasteiger partial charge >= 0.3 is 0 Å². The molecule has 94 valence electrons. The molecule has 2 nitrogen and oxygen atoms in total. The number of aliphatic hydroxyl groups is 1. The minimum absolute atomic E-state index is 0.297. The summed E-state index contributed by atoms with van der Waals surface area (Å²) in [6, 6.07) is 10.9. The Labute approximate surface area is 104 Å². The highest BCUT2D eigenvalue weighted by Gasteiger charge is 2.24. The maximum Gasteiger partial charge on any atom is 0.0473 e. The maximum atomic E-state index is 9.42. The Bertz CT molecular complexity index is 325. The van der Waals surface area contributed by atoms with Crippen molar-refractivity contribution in [3.63, 3.8) is 0 Å². The van der Waals surface area contributed by atoms with Crippen LogP contribution in [0.2, 0.25) is 0 Å². The van der Waals surface area contributed by atoms with Crippen LogP contribution >= 0.6 is 0 Å². The Morgan fingerprint density at radius 2 is 1.88 bits per heavy atom. The highest BCUT2D eigenvalue weighted by atomic mass is 16.3. The van der Waals surface area contributed by atoms with Crippen molar-refractivity contribution in [1.29, 1.82) is 0 Å². The Hall–Kier alpha value is -0.860. The van der Waals surface area contributed by atoms with Crippen LogP contribution in [0.25, 0.3) is 0 Å². The zero-order chi connectivity index (χ0) is 12.1. The van der Waals surface area contributed by atoms with Crippen molar-refractivity contribution in [3.8, 4) is 0 Å². The molecule has 17 heavy (non-hydrogen) atoms. The molecule has 0 spiro atoms. The minimum atomic E-state index is 0.297. The Kier molecular flexibility index (Phi) is 4.57. The third-order valence-electron chi connectivity index (χ3n) is 3.80. The lowest BCUT2D eigenvalue weighted by molar-refractivity contribution is 0.0889. The topological polar surface area (TPSA) is 23.5 Å². The van der Waals surface area contributed by atoms with E-state index in [-0.39, 0.29) is 0 Å². The van der Waals surface area contributed by atoms with E-state index < -0.39 is 0 Å². The molecule has 0 unspecified atom stereocenters. The first-order chi connectivity index (χ1) is 8.31. The van der Waals surface area contributed by atoms with E-state index in [4.69, 9.17) is 0 Å². The molecule has 1 aliphatic carbocycles. The van der Waals surface area contributed by atoms with E-state index in [0.29, 0.717) is 18.6 Å². The average Bonchev–Trinajstić information content (AvgIpc) is 2.40. The smallest absolute Gasteiger partial charge is 0.0473 e. The van der Waals surface area contributed by atoms with Gasteiger partial charge in [-0.15, -0.1) is 0 Å². The Morgan fingerprint density at radius 1 is 1.18 bits per heavy atom. The second kappa shape index (κ2) is 6.18. The van der Waals surface area contributed by atoms with Crippen LogP contribution in [0, 0.1) is 13.0 Å². The molecular formula is C15H22NO-. The molecule has 2 heteroatoms. The van der Waals surface area contributed by atoms with E-state index in [1.807, 2.05) is 6.07 Å². The van der Waals surface area contributed by atoms with Gasteiger partial charge in [0.25, 0.3) is 0 Å². The summed E-state index contributed by atoms with van der Waals surface area (Å²) in [6.07, 6.45) is 4.83. The molecule has 0 heterocycles. The molecule has 1 aliphatic rings. The number of hydrogen-bond donors (Lipinski definition) is 1. The average molecular weight is 232 g/mol. The van der Waals surface area contributed by atoms with Gasteiger partial charge in [0.15, 0.2) is 0 Å². The molecule has 0 aromatic heterocycles. The molecule has 0 saturated heterocycles. The number of aliphatic hydroxyl groups excluding tert-OH is 1. The van der Waals surface area contributed by atoms with E-state index in [0.717, 1.165) is 13.0 Å². The van der Waals surface area contributed by atoms with Crippen molar-refractivity contribution >= 4 is 0 Å². The number of rotatable bonds is 4. The predicted molar refractivity (Wildman–Crippen MR) is 70.2 cm³/mol. The predicted octanol–water partition coefficient (Wildman–Crippen LogP) is 2.83. The lowest BCUT2D eigenvalue weighted by atomic mass is 9.84. The van der Waals surface area contributed by atoms with E-state index in [1.165, 1.54) is 24.8 Å². The van der Waals surface area contributed by atoms with Gasteiger partial charge in [-0.3, -0.25) is 7.05 Å². The zero-order valence-electron chi connectivity index (χ0n) is 10.4. The van der Waals surface area contributed by atoms with Gasteiger partial charge in [-0.1, -0.05) is 43.2 Å². The van der Waals surface area contributed by atoms with Crippen LogP contribution in [0.4, 0.5) is 0 Å². The standard InChI is InChI=1S/C15H22NO/c1-16(11-13-7-3-2-4-8-13)15-10-6-5-9-14(15)12-17/h2-4,7-8,14-15,17H,1,5-6,9-12H2/q-1/t14-,15-/m0/s1. The molecule has 1 fully saturated rings. The molecule has 0 amide bonds. The van der Waals surface area contributed by atoms with Crippen LogP contribution in [0.1, 0.15) is 31.2 Å². The fourth-order valence-electron chi connectivity index (χ4n) is 2.82. The fraction of sp³-hybridized carbons (Fsp3) is 0.533. The molecule has 1 aromatic carbocycles. The summed E-state index contributed by atoms with van der Waals surface area (Å²) >= 11 is 0. The molecular weight excluding hydrogens is 210 g/mol. The van der Waals surface area contributed by atoms with Crippen molar-refractivity contribution in [3.05, 3.63) is 42.9 Å². The van der Waals surface area contributed by atoms with E-state index >= 15 is 0 Å². The molecule has 1 aromatic rings. The quantitative estimate of drug-likeness (QED) is 0.807. The summed E-state index contributed by atoms with van der Waals surface area (Å²) in [7, 11) is 4.18. The van der Waals surface area contributed by atoms with Gasteiger partial charge in [0.2, 0.25) is 0 Å². The third-order valence-corrected chi connectivity index (χ3v) is 3.80. The van der Waals surface area contributed by atoms with Gasteiger partial charge in [-0.05, 0) is 36.9 Å². The van der Waals surface area contributed by atoms with Gasteiger partial charge in [-0.2, -0.15) is 0 Å². The van der Waals surface area contributed by atoms with Crippen LogP contribution in [-0.4, -0.2) is 22.7 Å². The van der Waals surface area contributed by atoms with Gasteiger partial charge in [-0.25, -0.2) is 0 Å². The summed E-state index contributed by atoms with van der Waals surface area (Å²) in [5.74, 6) is 0.407. The first-order valence-corrected chi connectivity index (χ1v) is 6.53. The molecule has 2 atom stereocenters. The van der Waals surface area contributed by atoms with Crippen molar-refractivity contribution in [2.45, 2.75) is 38.3 Å². The normalized spacial score (nSPS) is 25.1.